The minimum absolute atomic E-state index is 0.290. The number of urea groups is 1. The van der Waals surface area contributed by atoms with Crippen LogP contribution < -0.4 is 10.1 Å². The highest BCUT2D eigenvalue weighted by Crippen LogP contribution is 2.22. The number of nitrogens with one attached hydrogen (secondary N) is 1. The molecule has 0 unspecified atom stereocenters. The molecule has 0 spiro atoms. The summed E-state index contributed by atoms with van der Waals surface area (Å²) in [5.41, 5.74) is 0. The van der Waals surface area contributed by atoms with Gasteiger partial charge in [0.1, 0.15) is 0 Å². The molecule has 0 saturated carbocycles. The SMILES string of the molecule is CCCOc1nnc(NC(=O)N(C)CC2OCCO2)s1. The van der Waals surface area contributed by atoms with Crippen molar-refractivity contribution < 1.29 is 19.0 Å². The van der Waals surface area contributed by atoms with E-state index < -0.39 is 0 Å². The first kappa shape index (κ1) is 14.9. The molecule has 20 heavy (non-hydrogen) atoms. The van der Waals surface area contributed by atoms with Gasteiger partial charge in [-0.05, 0) is 17.8 Å². The van der Waals surface area contributed by atoms with Crippen molar-refractivity contribution in [1.82, 2.24) is 15.1 Å². The lowest BCUT2D eigenvalue weighted by atomic mass is 10.5. The van der Waals surface area contributed by atoms with Crippen LogP contribution in [0.5, 0.6) is 5.19 Å². The van der Waals surface area contributed by atoms with Crippen LogP contribution in [-0.4, -0.2) is 60.8 Å². The summed E-state index contributed by atoms with van der Waals surface area (Å²) in [5, 5.41) is 11.2. The Morgan fingerprint density at radius 1 is 1.50 bits per heavy atom. The second-order valence-electron chi connectivity index (χ2n) is 4.20. The van der Waals surface area contributed by atoms with E-state index in [1.165, 1.54) is 16.2 Å². The van der Waals surface area contributed by atoms with E-state index in [0.717, 1.165) is 6.42 Å². The minimum Gasteiger partial charge on any atom is -0.469 e. The molecule has 1 aromatic heterocycles. The average molecular weight is 302 g/mol. The third-order valence-corrected chi connectivity index (χ3v) is 3.26. The van der Waals surface area contributed by atoms with Crippen LogP contribution in [0.4, 0.5) is 9.93 Å². The first-order valence-corrected chi connectivity index (χ1v) is 7.22. The van der Waals surface area contributed by atoms with Gasteiger partial charge in [0.15, 0.2) is 6.29 Å². The van der Waals surface area contributed by atoms with Gasteiger partial charge in [0, 0.05) is 7.05 Å². The second-order valence-corrected chi connectivity index (χ2v) is 5.14. The second kappa shape index (κ2) is 7.36. The number of carbonyl (C=O) groups excluding carboxylic acids is 1. The maximum absolute atomic E-state index is 11.9. The van der Waals surface area contributed by atoms with Gasteiger partial charge >= 0.3 is 6.03 Å². The summed E-state index contributed by atoms with van der Waals surface area (Å²) in [6, 6.07) is -0.290. The Labute approximate surface area is 121 Å². The molecular weight excluding hydrogens is 284 g/mol. The molecule has 8 nitrogen and oxygen atoms in total. The highest BCUT2D eigenvalue weighted by molar-refractivity contribution is 7.17. The lowest BCUT2D eigenvalue weighted by Crippen LogP contribution is -2.37. The number of carbonyl (C=O) groups is 1. The van der Waals surface area contributed by atoms with E-state index in [1.807, 2.05) is 6.92 Å². The molecule has 0 aliphatic carbocycles. The first-order chi connectivity index (χ1) is 9.69. The largest absolute Gasteiger partial charge is 0.469 e. The molecule has 1 N–H and O–H groups in total. The van der Waals surface area contributed by atoms with E-state index in [9.17, 15) is 4.79 Å². The third-order valence-electron chi connectivity index (χ3n) is 2.51. The number of likely N-dealkylation sites (N-methyl/N-ethyl adjacent to an activating group) is 1. The number of aromatic nitrogens is 2. The van der Waals surface area contributed by atoms with Crippen molar-refractivity contribution in [2.75, 3.05) is 38.7 Å². The molecule has 2 rings (SSSR count). The van der Waals surface area contributed by atoms with Crippen molar-refractivity contribution in [3.8, 4) is 5.19 Å². The Kier molecular flexibility index (Phi) is 5.50. The predicted octanol–water partition coefficient (Wildman–Crippen LogP) is 1.16. The molecule has 2 heterocycles. The zero-order chi connectivity index (χ0) is 14.4. The summed E-state index contributed by atoms with van der Waals surface area (Å²) < 4.78 is 15.9. The standard InChI is InChI=1S/C11H18N4O4S/c1-3-4-19-11-14-13-9(20-11)12-10(16)15(2)7-8-17-5-6-18-8/h8H,3-7H2,1-2H3,(H,12,13,16). The van der Waals surface area contributed by atoms with Gasteiger partial charge in [0.25, 0.3) is 5.19 Å². The van der Waals surface area contributed by atoms with Gasteiger partial charge in [-0.2, -0.15) is 0 Å². The fourth-order valence-electron chi connectivity index (χ4n) is 1.51. The van der Waals surface area contributed by atoms with Crippen molar-refractivity contribution in [2.24, 2.45) is 0 Å². The van der Waals surface area contributed by atoms with Crippen LogP contribution in [0.3, 0.4) is 0 Å². The summed E-state index contributed by atoms with van der Waals surface area (Å²) in [7, 11) is 1.66. The summed E-state index contributed by atoms with van der Waals surface area (Å²) >= 11 is 1.20. The molecule has 0 atom stereocenters. The van der Waals surface area contributed by atoms with Crippen LogP contribution in [0.15, 0.2) is 0 Å². The van der Waals surface area contributed by atoms with Gasteiger partial charge in [0.2, 0.25) is 5.13 Å². The van der Waals surface area contributed by atoms with Crippen LogP contribution in [0.1, 0.15) is 13.3 Å². The molecule has 0 aromatic carbocycles. The van der Waals surface area contributed by atoms with Gasteiger partial charge in [-0.3, -0.25) is 5.32 Å². The zero-order valence-corrected chi connectivity index (χ0v) is 12.3. The molecule has 9 heteroatoms. The van der Waals surface area contributed by atoms with Crippen molar-refractivity contribution in [2.45, 2.75) is 19.6 Å². The Hall–Kier alpha value is -1.45. The molecule has 1 fully saturated rings. The molecule has 112 valence electrons. The molecule has 1 saturated heterocycles. The lowest BCUT2D eigenvalue weighted by molar-refractivity contribution is -0.0518. The topological polar surface area (TPSA) is 85.8 Å². The number of rotatable bonds is 6. The van der Waals surface area contributed by atoms with E-state index in [-0.39, 0.29) is 12.3 Å². The van der Waals surface area contributed by atoms with Gasteiger partial charge in [-0.25, -0.2) is 4.79 Å². The Balaban J connectivity index is 1.79. The van der Waals surface area contributed by atoms with E-state index in [4.69, 9.17) is 14.2 Å². The van der Waals surface area contributed by atoms with Crippen LogP contribution in [0, 0.1) is 0 Å². The maximum atomic E-state index is 11.9. The molecular formula is C11H18N4O4S. The van der Waals surface area contributed by atoms with Crippen molar-refractivity contribution in [3.63, 3.8) is 0 Å². The van der Waals surface area contributed by atoms with Crippen molar-refractivity contribution in [3.05, 3.63) is 0 Å². The van der Waals surface area contributed by atoms with E-state index >= 15 is 0 Å². The van der Waals surface area contributed by atoms with Gasteiger partial charge in [0.05, 0.1) is 26.4 Å². The molecule has 1 aliphatic rings. The molecule has 1 aliphatic heterocycles. The highest BCUT2D eigenvalue weighted by Gasteiger charge is 2.21. The fourth-order valence-corrected chi connectivity index (χ4v) is 2.12. The van der Waals surface area contributed by atoms with E-state index in [0.29, 0.717) is 36.7 Å². The summed E-state index contributed by atoms with van der Waals surface area (Å²) in [6.45, 7) is 4.08. The summed E-state index contributed by atoms with van der Waals surface area (Å²) in [6.07, 6.45) is 0.536. The minimum atomic E-state index is -0.358. The third kappa shape index (κ3) is 4.29. The highest BCUT2D eigenvalue weighted by atomic mass is 32.1. The average Bonchev–Trinajstić information content (AvgIpc) is 3.08. The number of hydrogen-bond donors (Lipinski definition) is 1. The van der Waals surface area contributed by atoms with Crippen LogP contribution >= 0.6 is 11.3 Å². The lowest BCUT2D eigenvalue weighted by Gasteiger charge is -2.19. The normalized spacial score (nSPS) is 15.3. The van der Waals surface area contributed by atoms with E-state index in [2.05, 4.69) is 15.5 Å². The molecule has 0 bridgehead atoms. The Morgan fingerprint density at radius 3 is 2.95 bits per heavy atom. The number of amides is 2. The van der Waals surface area contributed by atoms with Crippen LogP contribution in [-0.2, 0) is 9.47 Å². The Morgan fingerprint density at radius 2 is 2.25 bits per heavy atom. The number of nitrogens with zero attached hydrogens (tertiary/aromatic N) is 3. The van der Waals surface area contributed by atoms with Gasteiger partial charge in [-0.15, -0.1) is 5.10 Å². The Bertz CT molecular complexity index is 436. The predicted molar refractivity (Wildman–Crippen MR) is 73.0 cm³/mol. The smallest absolute Gasteiger partial charge is 0.323 e. The summed E-state index contributed by atoms with van der Waals surface area (Å²) in [4.78, 5) is 13.4. The molecule has 0 radical (unpaired) electrons. The maximum Gasteiger partial charge on any atom is 0.323 e. The van der Waals surface area contributed by atoms with E-state index in [1.54, 1.807) is 7.05 Å². The number of anilines is 1. The zero-order valence-electron chi connectivity index (χ0n) is 11.5. The van der Waals surface area contributed by atoms with Gasteiger partial charge in [-0.1, -0.05) is 12.0 Å². The quantitative estimate of drug-likeness (QED) is 0.849. The monoisotopic (exact) mass is 302 g/mol. The number of ether oxygens (including phenoxy) is 3. The molecule has 2 amide bonds. The van der Waals surface area contributed by atoms with Crippen molar-refractivity contribution >= 4 is 22.5 Å². The van der Waals surface area contributed by atoms with Crippen molar-refractivity contribution in [1.29, 1.82) is 0 Å². The molecule has 1 aromatic rings. The fraction of sp³-hybridized carbons (Fsp3) is 0.727. The summed E-state index contributed by atoms with van der Waals surface area (Å²) in [5.74, 6) is 0. The van der Waals surface area contributed by atoms with Crippen LogP contribution in [0.2, 0.25) is 0 Å². The van der Waals surface area contributed by atoms with Crippen LogP contribution in [0.25, 0.3) is 0 Å². The number of hydrogen-bond acceptors (Lipinski definition) is 7. The van der Waals surface area contributed by atoms with Gasteiger partial charge < -0.3 is 19.1 Å². The first-order valence-electron chi connectivity index (χ1n) is 6.40.